The highest BCUT2D eigenvalue weighted by Crippen LogP contribution is 2.10. The van der Waals surface area contributed by atoms with Crippen LogP contribution in [0.3, 0.4) is 0 Å². The molecule has 0 aliphatic rings. The number of nitrogens with one attached hydrogen (secondary N) is 2. The van der Waals surface area contributed by atoms with Crippen LogP contribution in [0, 0.1) is 6.92 Å². The summed E-state index contributed by atoms with van der Waals surface area (Å²) in [4.78, 5) is 23.5. The second kappa shape index (κ2) is 7.43. The van der Waals surface area contributed by atoms with E-state index in [1.807, 2.05) is 31.2 Å². The molecule has 0 aromatic heterocycles. The van der Waals surface area contributed by atoms with Crippen LogP contribution in [-0.2, 0) is 4.79 Å². The number of carbonyl (C=O) groups excluding carboxylic acids is 2. The lowest BCUT2D eigenvalue weighted by atomic mass is 10.1. The molecule has 0 spiro atoms. The molecule has 0 radical (unpaired) electrons. The van der Waals surface area contributed by atoms with E-state index < -0.39 is 11.8 Å². The van der Waals surface area contributed by atoms with Gasteiger partial charge in [0.25, 0.3) is 11.8 Å². The van der Waals surface area contributed by atoms with E-state index in [0.717, 1.165) is 11.1 Å². The van der Waals surface area contributed by atoms with Gasteiger partial charge in [-0.05, 0) is 42.3 Å². The van der Waals surface area contributed by atoms with Gasteiger partial charge >= 0.3 is 0 Å². The predicted octanol–water partition coefficient (Wildman–Crippen LogP) is 3.12. The second-order valence-corrected chi connectivity index (χ2v) is 5.08. The molecule has 0 atom stereocenters. The number of amides is 2. The first-order chi connectivity index (χ1) is 10.6. The minimum Gasteiger partial charge on any atom is -0.268 e. The zero-order chi connectivity index (χ0) is 15.9. The monoisotopic (exact) mass is 314 g/mol. The fraction of sp³-hybridized carbons (Fsp3) is 0.0588. The van der Waals surface area contributed by atoms with Gasteiger partial charge < -0.3 is 0 Å². The molecule has 4 nitrogen and oxygen atoms in total. The van der Waals surface area contributed by atoms with Gasteiger partial charge in [-0.25, -0.2) is 0 Å². The summed E-state index contributed by atoms with van der Waals surface area (Å²) in [6, 6.07) is 14.1. The van der Waals surface area contributed by atoms with Crippen LogP contribution in [0.5, 0.6) is 0 Å². The SMILES string of the molecule is Cc1ccccc1/C=C/C(=O)NNC(=O)c1cccc(Cl)c1. The zero-order valence-electron chi connectivity index (χ0n) is 12.0. The Kier molecular flexibility index (Phi) is 5.33. The Hall–Kier alpha value is -2.59. The maximum Gasteiger partial charge on any atom is 0.269 e. The fourth-order valence-corrected chi connectivity index (χ4v) is 1.99. The third-order valence-corrected chi connectivity index (χ3v) is 3.22. The Morgan fingerprint density at radius 1 is 1.05 bits per heavy atom. The molecule has 2 amide bonds. The zero-order valence-corrected chi connectivity index (χ0v) is 12.7. The summed E-state index contributed by atoms with van der Waals surface area (Å²) in [7, 11) is 0. The number of hydrogen-bond donors (Lipinski definition) is 2. The molecule has 2 aromatic carbocycles. The van der Waals surface area contributed by atoms with Crippen molar-refractivity contribution in [1.82, 2.24) is 10.9 Å². The molecule has 112 valence electrons. The van der Waals surface area contributed by atoms with Crippen LogP contribution in [-0.4, -0.2) is 11.8 Å². The van der Waals surface area contributed by atoms with Crippen molar-refractivity contribution in [2.24, 2.45) is 0 Å². The molecule has 2 N–H and O–H groups in total. The Morgan fingerprint density at radius 3 is 2.55 bits per heavy atom. The first-order valence-corrected chi connectivity index (χ1v) is 7.03. The smallest absolute Gasteiger partial charge is 0.268 e. The van der Waals surface area contributed by atoms with Crippen molar-refractivity contribution in [3.63, 3.8) is 0 Å². The van der Waals surface area contributed by atoms with E-state index >= 15 is 0 Å². The molecule has 0 heterocycles. The van der Waals surface area contributed by atoms with Crippen molar-refractivity contribution in [2.75, 3.05) is 0 Å². The second-order valence-electron chi connectivity index (χ2n) is 4.64. The number of hydrazine groups is 1. The largest absolute Gasteiger partial charge is 0.269 e. The van der Waals surface area contributed by atoms with Gasteiger partial charge in [-0.2, -0.15) is 0 Å². The quantitative estimate of drug-likeness (QED) is 0.675. The maximum absolute atomic E-state index is 11.8. The maximum atomic E-state index is 11.8. The van der Waals surface area contributed by atoms with Crippen LogP contribution in [0.2, 0.25) is 5.02 Å². The summed E-state index contributed by atoms with van der Waals surface area (Å²) in [6.07, 6.45) is 3.05. The van der Waals surface area contributed by atoms with E-state index in [0.29, 0.717) is 10.6 Å². The predicted molar refractivity (Wildman–Crippen MR) is 87.3 cm³/mol. The minimum atomic E-state index is -0.430. The van der Waals surface area contributed by atoms with Crippen molar-refractivity contribution < 1.29 is 9.59 Å². The van der Waals surface area contributed by atoms with E-state index in [2.05, 4.69) is 10.9 Å². The Balaban J connectivity index is 1.90. The number of benzene rings is 2. The van der Waals surface area contributed by atoms with Gasteiger partial charge in [-0.15, -0.1) is 0 Å². The van der Waals surface area contributed by atoms with Crippen molar-refractivity contribution in [3.8, 4) is 0 Å². The molecule has 2 rings (SSSR count). The molecule has 0 saturated heterocycles. The molecule has 0 aliphatic heterocycles. The topological polar surface area (TPSA) is 58.2 Å². The third kappa shape index (κ3) is 4.46. The lowest BCUT2D eigenvalue weighted by Crippen LogP contribution is -2.40. The van der Waals surface area contributed by atoms with Crippen molar-refractivity contribution in [3.05, 3.63) is 76.3 Å². The molecular formula is C17H15ClN2O2. The number of hydrogen-bond acceptors (Lipinski definition) is 2. The van der Waals surface area contributed by atoms with Gasteiger partial charge in [-0.1, -0.05) is 41.9 Å². The van der Waals surface area contributed by atoms with E-state index in [1.54, 1.807) is 24.3 Å². The molecule has 0 aliphatic carbocycles. The highest BCUT2D eigenvalue weighted by atomic mass is 35.5. The minimum absolute atomic E-state index is 0.371. The molecule has 0 fully saturated rings. The highest BCUT2D eigenvalue weighted by molar-refractivity contribution is 6.30. The molecule has 0 unspecified atom stereocenters. The normalized spacial score (nSPS) is 10.5. The lowest BCUT2D eigenvalue weighted by molar-refractivity contribution is -0.117. The average Bonchev–Trinajstić information content (AvgIpc) is 2.52. The Bertz CT molecular complexity index is 726. The third-order valence-electron chi connectivity index (χ3n) is 2.99. The summed E-state index contributed by atoms with van der Waals surface area (Å²) < 4.78 is 0. The number of carbonyl (C=O) groups is 2. The molecule has 0 bridgehead atoms. The fourth-order valence-electron chi connectivity index (χ4n) is 1.80. The van der Waals surface area contributed by atoms with E-state index in [1.165, 1.54) is 12.1 Å². The number of aryl methyl sites for hydroxylation is 1. The lowest BCUT2D eigenvalue weighted by Gasteiger charge is -2.05. The van der Waals surface area contributed by atoms with Crippen LogP contribution in [0.15, 0.2) is 54.6 Å². The molecule has 22 heavy (non-hydrogen) atoms. The summed E-state index contributed by atoms with van der Waals surface area (Å²) in [6.45, 7) is 1.96. The summed E-state index contributed by atoms with van der Waals surface area (Å²) in [5.74, 6) is -0.848. The number of halogens is 1. The first-order valence-electron chi connectivity index (χ1n) is 6.66. The van der Waals surface area contributed by atoms with Crippen LogP contribution >= 0.6 is 11.6 Å². The van der Waals surface area contributed by atoms with Gasteiger partial charge in [0.1, 0.15) is 0 Å². The van der Waals surface area contributed by atoms with Gasteiger partial charge in [-0.3, -0.25) is 20.4 Å². The van der Waals surface area contributed by atoms with Crippen molar-refractivity contribution in [1.29, 1.82) is 0 Å². The van der Waals surface area contributed by atoms with E-state index in [-0.39, 0.29) is 0 Å². The van der Waals surface area contributed by atoms with Gasteiger partial charge in [0.15, 0.2) is 0 Å². The highest BCUT2D eigenvalue weighted by Gasteiger charge is 2.06. The Labute approximate surface area is 133 Å². The standard InChI is InChI=1S/C17H15ClN2O2/c1-12-5-2-3-6-13(12)9-10-16(21)19-20-17(22)14-7-4-8-15(18)11-14/h2-11H,1H3,(H,19,21)(H,20,22)/b10-9+. The van der Waals surface area contributed by atoms with Gasteiger partial charge in [0.05, 0.1) is 0 Å². The van der Waals surface area contributed by atoms with Crippen LogP contribution in [0.4, 0.5) is 0 Å². The van der Waals surface area contributed by atoms with Gasteiger partial charge in [0.2, 0.25) is 0 Å². The van der Waals surface area contributed by atoms with E-state index in [9.17, 15) is 9.59 Å². The van der Waals surface area contributed by atoms with Crippen LogP contribution < -0.4 is 10.9 Å². The Morgan fingerprint density at radius 2 is 1.82 bits per heavy atom. The van der Waals surface area contributed by atoms with Gasteiger partial charge in [0, 0.05) is 16.7 Å². The summed E-state index contributed by atoms with van der Waals surface area (Å²) in [5, 5.41) is 0.457. The number of rotatable bonds is 3. The van der Waals surface area contributed by atoms with Crippen LogP contribution in [0.1, 0.15) is 21.5 Å². The summed E-state index contributed by atoms with van der Waals surface area (Å²) >= 11 is 5.81. The molecule has 0 saturated carbocycles. The molecular weight excluding hydrogens is 300 g/mol. The van der Waals surface area contributed by atoms with E-state index in [4.69, 9.17) is 11.6 Å². The summed E-state index contributed by atoms with van der Waals surface area (Å²) in [5.41, 5.74) is 7.03. The van der Waals surface area contributed by atoms with Crippen LogP contribution in [0.25, 0.3) is 6.08 Å². The van der Waals surface area contributed by atoms with Crippen molar-refractivity contribution >= 4 is 29.5 Å². The average molecular weight is 315 g/mol. The molecule has 5 heteroatoms. The molecule has 2 aromatic rings. The van der Waals surface area contributed by atoms with Crippen molar-refractivity contribution in [2.45, 2.75) is 6.92 Å². The first kappa shape index (κ1) is 15.8.